The van der Waals surface area contributed by atoms with Gasteiger partial charge in [-0.2, -0.15) is 0 Å². The first kappa shape index (κ1) is 14.1. The van der Waals surface area contributed by atoms with Crippen LogP contribution in [0.25, 0.3) is 0 Å². The molecule has 1 aliphatic heterocycles. The van der Waals surface area contributed by atoms with Crippen LogP contribution in [0.15, 0.2) is 24.3 Å². The number of anilines is 2. The van der Waals surface area contributed by atoms with Gasteiger partial charge in [0.1, 0.15) is 0 Å². The molecule has 0 spiro atoms. The van der Waals surface area contributed by atoms with E-state index in [0.717, 1.165) is 38.5 Å². The Bertz CT molecular complexity index is 350. The molecule has 106 valence electrons. The summed E-state index contributed by atoms with van der Waals surface area (Å²) in [4.78, 5) is 2.33. The highest BCUT2D eigenvalue weighted by Gasteiger charge is 2.10. The van der Waals surface area contributed by atoms with Gasteiger partial charge in [-0.1, -0.05) is 0 Å². The van der Waals surface area contributed by atoms with E-state index >= 15 is 0 Å². The maximum Gasteiger partial charge on any atom is 0.0698 e. The van der Waals surface area contributed by atoms with E-state index in [2.05, 4.69) is 34.5 Å². The van der Waals surface area contributed by atoms with E-state index in [0.29, 0.717) is 13.2 Å². The highest BCUT2D eigenvalue weighted by molar-refractivity contribution is 5.55. The SMILES string of the molecule is OCCOCCNc1ccc(N2CCOCC2)cc1. The number of morpholine rings is 1. The standard InChI is InChI=1S/C14H22N2O3/c17-8-12-18-9-5-15-13-1-3-14(4-2-13)16-6-10-19-11-7-16/h1-4,15,17H,5-12H2. The molecular weight excluding hydrogens is 244 g/mol. The second-order valence-corrected chi connectivity index (χ2v) is 4.41. The van der Waals surface area contributed by atoms with Crippen molar-refractivity contribution in [2.75, 3.05) is 62.9 Å². The number of aliphatic hydroxyl groups is 1. The molecule has 2 N–H and O–H groups in total. The van der Waals surface area contributed by atoms with Gasteiger partial charge in [0.05, 0.1) is 33.0 Å². The summed E-state index contributed by atoms with van der Waals surface area (Å²) in [7, 11) is 0. The molecule has 0 bridgehead atoms. The maximum atomic E-state index is 8.58. The van der Waals surface area contributed by atoms with E-state index in [1.54, 1.807) is 0 Å². The summed E-state index contributed by atoms with van der Waals surface area (Å²) < 4.78 is 10.5. The van der Waals surface area contributed by atoms with Gasteiger partial charge >= 0.3 is 0 Å². The molecule has 1 aromatic carbocycles. The van der Waals surface area contributed by atoms with Gasteiger partial charge in [0.2, 0.25) is 0 Å². The monoisotopic (exact) mass is 266 g/mol. The van der Waals surface area contributed by atoms with Crippen LogP contribution in [0.1, 0.15) is 0 Å². The Kier molecular flexibility index (Phi) is 5.94. The minimum absolute atomic E-state index is 0.0776. The number of ether oxygens (including phenoxy) is 2. The molecule has 1 heterocycles. The predicted octanol–water partition coefficient (Wildman–Crippen LogP) is 0.944. The third-order valence-corrected chi connectivity index (χ3v) is 3.05. The Hall–Kier alpha value is -1.30. The number of benzene rings is 1. The van der Waals surface area contributed by atoms with Crippen molar-refractivity contribution in [3.63, 3.8) is 0 Å². The molecule has 0 radical (unpaired) electrons. The molecule has 0 aliphatic carbocycles. The molecule has 1 aromatic rings. The van der Waals surface area contributed by atoms with Crippen LogP contribution >= 0.6 is 0 Å². The number of hydrogen-bond acceptors (Lipinski definition) is 5. The van der Waals surface area contributed by atoms with Crippen molar-refractivity contribution in [2.45, 2.75) is 0 Å². The minimum Gasteiger partial charge on any atom is -0.394 e. The molecule has 5 heteroatoms. The van der Waals surface area contributed by atoms with Crippen LogP contribution < -0.4 is 10.2 Å². The largest absolute Gasteiger partial charge is 0.394 e. The number of hydrogen-bond donors (Lipinski definition) is 2. The summed E-state index contributed by atoms with van der Waals surface area (Å²) in [5.74, 6) is 0. The lowest BCUT2D eigenvalue weighted by Crippen LogP contribution is -2.36. The smallest absolute Gasteiger partial charge is 0.0698 e. The van der Waals surface area contributed by atoms with Crippen molar-refractivity contribution in [3.8, 4) is 0 Å². The number of rotatable bonds is 7. The van der Waals surface area contributed by atoms with Crippen molar-refractivity contribution < 1.29 is 14.6 Å². The van der Waals surface area contributed by atoms with Gasteiger partial charge in [-0.15, -0.1) is 0 Å². The molecule has 1 fully saturated rings. The topological polar surface area (TPSA) is 54.0 Å². The third-order valence-electron chi connectivity index (χ3n) is 3.05. The fourth-order valence-corrected chi connectivity index (χ4v) is 2.05. The first-order valence-electron chi connectivity index (χ1n) is 6.75. The molecule has 5 nitrogen and oxygen atoms in total. The lowest BCUT2D eigenvalue weighted by molar-refractivity contribution is 0.0992. The van der Waals surface area contributed by atoms with Crippen LogP contribution in [0.3, 0.4) is 0 Å². The lowest BCUT2D eigenvalue weighted by Gasteiger charge is -2.28. The summed E-state index contributed by atoms with van der Waals surface area (Å²) in [5, 5.41) is 11.9. The van der Waals surface area contributed by atoms with Gasteiger partial charge in [0.25, 0.3) is 0 Å². The molecule has 19 heavy (non-hydrogen) atoms. The summed E-state index contributed by atoms with van der Waals surface area (Å²) >= 11 is 0. The van der Waals surface area contributed by atoms with Gasteiger partial charge in [-0.3, -0.25) is 0 Å². The predicted molar refractivity (Wildman–Crippen MR) is 75.9 cm³/mol. The van der Waals surface area contributed by atoms with Crippen molar-refractivity contribution in [2.24, 2.45) is 0 Å². The Morgan fingerprint density at radius 1 is 1.16 bits per heavy atom. The van der Waals surface area contributed by atoms with Crippen LogP contribution in [0, 0.1) is 0 Å². The Morgan fingerprint density at radius 3 is 2.58 bits per heavy atom. The van der Waals surface area contributed by atoms with Gasteiger partial charge in [-0.25, -0.2) is 0 Å². The number of nitrogens with zero attached hydrogens (tertiary/aromatic N) is 1. The van der Waals surface area contributed by atoms with Gasteiger partial charge in [0, 0.05) is 31.0 Å². The molecule has 1 aliphatic rings. The van der Waals surface area contributed by atoms with Crippen LogP contribution in [0.4, 0.5) is 11.4 Å². The molecule has 0 unspecified atom stereocenters. The average molecular weight is 266 g/mol. The minimum atomic E-state index is 0.0776. The van der Waals surface area contributed by atoms with Crippen LogP contribution in [0.5, 0.6) is 0 Å². The Balaban J connectivity index is 1.74. The average Bonchev–Trinajstić information content (AvgIpc) is 2.49. The first-order valence-corrected chi connectivity index (χ1v) is 6.75. The number of aliphatic hydroxyl groups excluding tert-OH is 1. The molecule has 0 atom stereocenters. The zero-order valence-electron chi connectivity index (χ0n) is 11.2. The van der Waals surface area contributed by atoms with E-state index in [1.165, 1.54) is 5.69 Å². The van der Waals surface area contributed by atoms with E-state index in [9.17, 15) is 0 Å². The van der Waals surface area contributed by atoms with Crippen LogP contribution in [-0.4, -0.2) is 57.8 Å². The van der Waals surface area contributed by atoms with Crippen molar-refractivity contribution in [3.05, 3.63) is 24.3 Å². The lowest BCUT2D eigenvalue weighted by atomic mass is 10.2. The second-order valence-electron chi connectivity index (χ2n) is 4.41. The zero-order chi connectivity index (χ0) is 13.3. The van der Waals surface area contributed by atoms with Crippen molar-refractivity contribution in [1.29, 1.82) is 0 Å². The van der Waals surface area contributed by atoms with Crippen molar-refractivity contribution >= 4 is 11.4 Å². The second kappa shape index (κ2) is 7.99. The van der Waals surface area contributed by atoms with Crippen molar-refractivity contribution in [1.82, 2.24) is 0 Å². The van der Waals surface area contributed by atoms with Crippen LogP contribution in [-0.2, 0) is 9.47 Å². The fourth-order valence-electron chi connectivity index (χ4n) is 2.05. The quantitative estimate of drug-likeness (QED) is 0.720. The Labute approximate surface area is 114 Å². The Morgan fingerprint density at radius 2 is 1.89 bits per heavy atom. The van der Waals surface area contributed by atoms with E-state index in [4.69, 9.17) is 14.6 Å². The first-order chi connectivity index (χ1) is 9.40. The molecular formula is C14H22N2O3. The highest BCUT2D eigenvalue weighted by Crippen LogP contribution is 2.18. The van der Waals surface area contributed by atoms with E-state index in [1.807, 2.05) is 0 Å². The highest BCUT2D eigenvalue weighted by atomic mass is 16.5. The zero-order valence-corrected chi connectivity index (χ0v) is 11.2. The number of nitrogens with one attached hydrogen (secondary N) is 1. The van der Waals surface area contributed by atoms with Crippen LogP contribution in [0.2, 0.25) is 0 Å². The third kappa shape index (κ3) is 4.70. The van der Waals surface area contributed by atoms with Gasteiger partial charge < -0.3 is 24.8 Å². The summed E-state index contributed by atoms with van der Waals surface area (Å²) in [5.41, 5.74) is 2.33. The van der Waals surface area contributed by atoms with E-state index in [-0.39, 0.29) is 6.61 Å². The van der Waals surface area contributed by atoms with Gasteiger partial charge in [-0.05, 0) is 24.3 Å². The van der Waals surface area contributed by atoms with Gasteiger partial charge in [0.15, 0.2) is 0 Å². The molecule has 2 rings (SSSR count). The summed E-state index contributed by atoms with van der Waals surface area (Å²) in [6, 6.07) is 8.41. The maximum absolute atomic E-state index is 8.58. The van der Waals surface area contributed by atoms with E-state index < -0.39 is 0 Å². The normalized spacial score (nSPS) is 15.5. The molecule has 0 aromatic heterocycles. The summed E-state index contributed by atoms with van der Waals surface area (Å²) in [6.07, 6.45) is 0. The summed E-state index contributed by atoms with van der Waals surface area (Å²) in [6.45, 7) is 5.36. The molecule has 0 saturated carbocycles. The molecule has 0 amide bonds. The fraction of sp³-hybridized carbons (Fsp3) is 0.571. The molecule has 1 saturated heterocycles.